The molecule has 1 aromatic heterocycles. The number of benzene rings is 1. The predicted molar refractivity (Wildman–Crippen MR) is 201 cm³/mol. The third-order valence-corrected chi connectivity index (χ3v) is 17.7. The lowest BCUT2D eigenvalue weighted by Crippen LogP contribution is -2.66. The first kappa shape index (κ1) is 39.6. The number of rotatable bonds is 9. The van der Waals surface area contributed by atoms with Gasteiger partial charge in [0.05, 0.1) is 29.3 Å². The zero-order valence-electron chi connectivity index (χ0n) is 33.3. The maximum absolute atomic E-state index is 14.6. The van der Waals surface area contributed by atoms with E-state index >= 15 is 0 Å². The molecule has 9 atom stereocenters. The molecular weight excluding hydrogens is 723 g/mol. The molecule has 4 saturated carbocycles. The molecule has 1 aromatic carbocycles. The number of ketones is 2. The summed E-state index contributed by atoms with van der Waals surface area (Å²) >= 11 is 0. The Balaban J connectivity index is 1.03. The molecule has 5 aliphatic rings. The molecule has 1 amide bonds. The van der Waals surface area contributed by atoms with E-state index in [1.165, 1.54) is 29.8 Å². The number of nitrogens with zero attached hydrogens (tertiary/aromatic N) is 2. The minimum absolute atomic E-state index is 0.0456. The van der Waals surface area contributed by atoms with E-state index in [-0.39, 0.29) is 97.8 Å². The van der Waals surface area contributed by atoms with E-state index in [0.717, 1.165) is 38.5 Å². The minimum Gasteiger partial charge on any atom is -0.454 e. The number of sulfone groups is 1. The zero-order chi connectivity index (χ0) is 40.0. The molecule has 55 heavy (non-hydrogen) atoms. The predicted octanol–water partition coefficient (Wildman–Crippen LogP) is 5.94. The maximum atomic E-state index is 14.6. The number of carbonyl (C=O) groups is 3. The van der Waals surface area contributed by atoms with Gasteiger partial charge in [-0.15, -0.1) is 0 Å². The van der Waals surface area contributed by atoms with Crippen molar-refractivity contribution in [3.63, 3.8) is 0 Å². The van der Waals surface area contributed by atoms with E-state index in [1.54, 1.807) is 6.07 Å². The van der Waals surface area contributed by atoms with Crippen LogP contribution in [0.3, 0.4) is 0 Å². The Bertz CT molecular complexity index is 2030. The molecule has 1 heterocycles. The number of amides is 1. The van der Waals surface area contributed by atoms with Crippen LogP contribution in [0, 0.1) is 55.5 Å². The van der Waals surface area contributed by atoms with Crippen molar-refractivity contribution in [2.75, 3.05) is 13.2 Å². The highest BCUT2D eigenvalue weighted by Crippen LogP contribution is 2.75. The van der Waals surface area contributed by atoms with Crippen molar-refractivity contribution >= 4 is 27.3 Å². The Morgan fingerprint density at radius 2 is 1.69 bits per heavy atom. The molecule has 13 heteroatoms. The van der Waals surface area contributed by atoms with E-state index in [1.807, 2.05) is 13.0 Å². The fraction of sp³-hybridized carbons (Fsp3) is 0.690. The summed E-state index contributed by atoms with van der Waals surface area (Å²) in [4.78, 5) is 41.1. The Morgan fingerprint density at radius 1 is 1.00 bits per heavy atom. The molecule has 0 radical (unpaired) electrons. The van der Waals surface area contributed by atoms with E-state index in [0.29, 0.717) is 19.3 Å². The van der Waals surface area contributed by atoms with Gasteiger partial charge in [-0.25, -0.2) is 8.42 Å². The molecule has 7 rings (SSSR count). The average molecular weight is 780 g/mol. The van der Waals surface area contributed by atoms with Crippen LogP contribution in [0.4, 0.5) is 0 Å². The summed E-state index contributed by atoms with van der Waals surface area (Å²) in [6.45, 7) is 15.2. The SMILES string of the molecule is CC1(C)[C@@H](O)CC[C@]2(C)[C@H]3C(=O)C=C4[C@@H]5C[C@@](C)(C(=O)NCC(=O)CCOc6no[n+]([O-])c6S(=O)(=O)c6ccccc6)CC[C@]5(C)CC[C@@]4(C)[C@]3(C)CC[C@@H]12. The number of hydrogen-bond acceptors (Lipinski definition) is 10. The number of ether oxygens (including phenoxy) is 1. The van der Waals surface area contributed by atoms with Crippen LogP contribution < -0.4 is 15.0 Å². The Kier molecular flexibility index (Phi) is 9.55. The zero-order valence-corrected chi connectivity index (χ0v) is 34.1. The lowest BCUT2D eigenvalue weighted by molar-refractivity contribution is -0.832. The van der Waals surface area contributed by atoms with Crippen molar-refractivity contribution in [2.24, 2.45) is 50.2 Å². The molecule has 2 aromatic rings. The number of hydrogen-bond donors (Lipinski definition) is 2. The van der Waals surface area contributed by atoms with E-state index in [2.05, 4.69) is 56.6 Å². The van der Waals surface area contributed by atoms with Crippen LogP contribution in [-0.2, 0) is 24.2 Å². The molecule has 4 fully saturated rings. The highest BCUT2D eigenvalue weighted by molar-refractivity contribution is 7.91. The number of aliphatic hydroxyl groups is 1. The van der Waals surface area contributed by atoms with Gasteiger partial charge in [0, 0.05) is 17.8 Å². The summed E-state index contributed by atoms with van der Waals surface area (Å²) in [5.41, 5.74) is -0.500. The lowest BCUT2D eigenvalue weighted by Gasteiger charge is -2.70. The topological polar surface area (TPSA) is 180 Å². The molecule has 300 valence electrons. The molecular formula is C42H57N3O9S. The molecule has 0 unspecified atom stereocenters. The van der Waals surface area contributed by atoms with Crippen LogP contribution in [-0.4, -0.2) is 55.4 Å². The molecule has 2 N–H and O–H groups in total. The fourth-order valence-corrected chi connectivity index (χ4v) is 13.7. The normalized spacial score (nSPS) is 38.0. The summed E-state index contributed by atoms with van der Waals surface area (Å²) in [5.74, 6) is -0.702. The summed E-state index contributed by atoms with van der Waals surface area (Å²) < 4.78 is 36.0. The van der Waals surface area contributed by atoms with Crippen LogP contribution in [0.5, 0.6) is 5.88 Å². The molecule has 0 spiro atoms. The Hall–Kier alpha value is -3.58. The fourth-order valence-electron chi connectivity index (χ4n) is 12.4. The molecule has 0 aliphatic heterocycles. The Labute approximate surface area is 324 Å². The largest absolute Gasteiger partial charge is 0.454 e. The number of Topliss-reactive ketones (excluding diaryl/α,β-unsaturated/α-hetero) is 1. The van der Waals surface area contributed by atoms with Gasteiger partial charge in [0.2, 0.25) is 5.91 Å². The summed E-state index contributed by atoms with van der Waals surface area (Å²) in [6.07, 6.45) is 9.03. The molecule has 0 saturated heterocycles. The van der Waals surface area contributed by atoms with Crippen molar-refractivity contribution < 1.29 is 42.2 Å². The number of aliphatic hydroxyl groups excluding tert-OH is 1. The number of nitrogens with one attached hydrogen (secondary N) is 1. The van der Waals surface area contributed by atoms with Gasteiger partial charge < -0.3 is 20.4 Å². The van der Waals surface area contributed by atoms with Gasteiger partial charge in [-0.2, -0.15) is 0 Å². The van der Waals surface area contributed by atoms with Crippen molar-refractivity contribution in [1.29, 1.82) is 0 Å². The standard InChI is InChI=1S/C42H57N3O9S/c1-37(2)31-13-17-42(7)33(40(31,5)16-14-32(37)48)30(47)23-28-29-24-39(4,19-18-38(29,3)20-21-41(28,42)6)36(49)43-25-26(46)15-22-53-34-35(45(50)54-44-34)55(51,52)27-11-9-8-10-12-27/h8-12,23,29,31-33,48H,13-22,24-25H2,1-7H3,(H,43,49)/t29-,31-,32-,33+,38+,39-,40-,41+,42+/m0/s1. The smallest absolute Gasteiger partial charge is 0.414 e. The van der Waals surface area contributed by atoms with E-state index in [9.17, 15) is 33.1 Å². The van der Waals surface area contributed by atoms with Crippen molar-refractivity contribution in [2.45, 2.75) is 129 Å². The summed E-state index contributed by atoms with van der Waals surface area (Å²) in [6, 6.07) is 7.32. The second kappa shape index (κ2) is 13.2. The van der Waals surface area contributed by atoms with Gasteiger partial charge in [-0.1, -0.05) is 72.2 Å². The average Bonchev–Trinajstić information content (AvgIpc) is 3.51. The molecule has 5 aliphatic carbocycles. The lowest BCUT2D eigenvalue weighted by atomic mass is 9.33. The van der Waals surface area contributed by atoms with Gasteiger partial charge in [0.1, 0.15) is 0 Å². The van der Waals surface area contributed by atoms with E-state index in [4.69, 9.17) is 4.74 Å². The minimum atomic E-state index is -4.30. The molecule has 12 nitrogen and oxygen atoms in total. The summed E-state index contributed by atoms with van der Waals surface area (Å²) in [7, 11) is -4.30. The number of allylic oxidation sites excluding steroid dienone is 2. The van der Waals surface area contributed by atoms with Crippen LogP contribution >= 0.6 is 0 Å². The van der Waals surface area contributed by atoms with Crippen LogP contribution in [0.15, 0.2) is 56.5 Å². The monoisotopic (exact) mass is 779 g/mol. The number of fused-ring (bicyclic) bond motifs is 7. The second-order valence-electron chi connectivity index (χ2n) is 19.3. The van der Waals surface area contributed by atoms with Gasteiger partial charge in [-0.3, -0.25) is 19.0 Å². The van der Waals surface area contributed by atoms with E-state index < -0.39 is 26.2 Å². The van der Waals surface area contributed by atoms with Gasteiger partial charge in [-0.05, 0) is 120 Å². The highest BCUT2D eigenvalue weighted by Gasteiger charge is 2.70. The number of carbonyl (C=O) groups excluding carboxylic acids is 3. The molecule has 0 bridgehead atoms. The number of aromatic nitrogens is 2. The van der Waals surface area contributed by atoms with Gasteiger partial charge in [0.15, 0.2) is 11.6 Å². The summed E-state index contributed by atoms with van der Waals surface area (Å²) in [5, 5.41) is 28.7. The van der Waals surface area contributed by atoms with Crippen molar-refractivity contribution in [3.8, 4) is 5.88 Å². The van der Waals surface area contributed by atoms with Crippen LogP contribution in [0.25, 0.3) is 0 Å². The third-order valence-electron chi connectivity index (χ3n) is 16.0. The first-order valence-electron chi connectivity index (χ1n) is 19.9. The first-order chi connectivity index (χ1) is 25.6. The van der Waals surface area contributed by atoms with Crippen LogP contribution in [0.1, 0.15) is 113 Å². The second-order valence-corrected chi connectivity index (χ2v) is 21.2. The first-order valence-corrected chi connectivity index (χ1v) is 21.4. The Morgan fingerprint density at radius 3 is 2.40 bits per heavy atom. The van der Waals surface area contributed by atoms with Crippen molar-refractivity contribution in [3.05, 3.63) is 47.2 Å². The van der Waals surface area contributed by atoms with Crippen molar-refractivity contribution in [1.82, 2.24) is 10.5 Å². The van der Waals surface area contributed by atoms with Gasteiger partial charge in [0.25, 0.3) is 9.84 Å². The highest BCUT2D eigenvalue weighted by atomic mass is 32.2. The maximum Gasteiger partial charge on any atom is 0.414 e. The quantitative estimate of drug-likeness (QED) is 0.290. The third kappa shape index (κ3) is 6.00. The van der Waals surface area contributed by atoms with Crippen LogP contribution in [0.2, 0.25) is 0 Å². The van der Waals surface area contributed by atoms with Gasteiger partial charge >= 0.3 is 10.9 Å².